The zero-order valence-electron chi connectivity index (χ0n) is 18.0. The van der Waals surface area contributed by atoms with Crippen LogP contribution in [0.2, 0.25) is 5.02 Å². The highest BCUT2D eigenvalue weighted by Crippen LogP contribution is 2.22. The first kappa shape index (κ1) is 22.2. The van der Waals surface area contributed by atoms with Crippen molar-refractivity contribution in [2.75, 3.05) is 0 Å². The van der Waals surface area contributed by atoms with Crippen molar-refractivity contribution in [3.63, 3.8) is 0 Å². The molecule has 0 fully saturated rings. The lowest BCUT2D eigenvalue weighted by molar-refractivity contribution is 0.0955. The van der Waals surface area contributed by atoms with Gasteiger partial charge in [-0.2, -0.15) is 5.10 Å². The number of halogens is 1. The molecule has 0 spiro atoms. The summed E-state index contributed by atoms with van der Waals surface area (Å²) in [6.45, 7) is 2.32. The number of pyridine rings is 1. The first-order valence-corrected chi connectivity index (χ1v) is 10.8. The van der Waals surface area contributed by atoms with Gasteiger partial charge in [-0.3, -0.25) is 9.78 Å². The Balaban J connectivity index is 1.44. The molecule has 6 heteroatoms. The fraction of sp³-hybridized carbons (Fsp3) is 0.0741. The van der Waals surface area contributed by atoms with E-state index in [0.29, 0.717) is 28.6 Å². The summed E-state index contributed by atoms with van der Waals surface area (Å²) in [7, 11) is 0. The summed E-state index contributed by atoms with van der Waals surface area (Å²) in [5.41, 5.74) is 7.18. The number of ether oxygens (including phenoxy) is 1. The van der Waals surface area contributed by atoms with Crippen molar-refractivity contribution in [2.45, 2.75) is 13.5 Å². The highest BCUT2D eigenvalue weighted by molar-refractivity contribution is 6.31. The lowest BCUT2D eigenvalue weighted by Gasteiger charge is -2.09. The third kappa shape index (κ3) is 5.84. The molecule has 0 saturated heterocycles. The van der Waals surface area contributed by atoms with Crippen LogP contribution in [0.1, 0.15) is 32.7 Å². The van der Waals surface area contributed by atoms with E-state index in [9.17, 15) is 4.79 Å². The molecule has 1 aromatic heterocycles. The van der Waals surface area contributed by atoms with Crippen molar-refractivity contribution >= 4 is 23.2 Å². The fourth-order valence-corrected chi connectivity index (χ4v) is 3.28. The number of hydrazone groups is 1. The van der Waals surface area contributed by atoms with Crippen molar-refractivity contribution in [3.05, 3.63) is 130 Å². The number of aryl methyl sites for hydroxylation is 1. The van der Waals surface area contributed by atoms with Gasteiger partial charge in [0.15, 0.2) is 0 Å². The Bertz CT molecular complexity index is 1220. The Labute approximate surface area is 197 Å². The van der Waals surface area contributed by atoms with Crippen LogP contribution < -0.4 is 10.2 Å². The van der Waals surface area contributed by atoms with Crippen LogP contribution in [0.4, 0.5) is 0 Å². The number of rotatable bonds is 7. The normalized spacial score (nSPS) is 11.2. The predicted octanol–water partition coefficient (Wildman–Crippen LogP) is 5.80. The maximum absolute atomic E-state index is 12.7. The predicted molar refractivity (Wildman–Crippen MR) is 131 cm³/mol. The van der Waals surface area contributed by atoms with E-state index in [2.05, 4.69) is 15.5 Å². The number of carbonyl (C=O) groups is 1. The third-order valence-corrected chi connectivity index (χ3v) is 5.40. The Morgan fingerprint density at radius 2 is 1.70 bits per heavy atom. The van der Waals surface area contributed by atoms with Crippen molar-refractivity contribution in [1.29, 1.82) is 0 Å². The molecule has 1 heterocycles. The molecule has 4 rings (SSSR count). The summed E-state index contributed by atoms with van der Waals surface area (Å²) in [5, 5.41) is 5.08. The second-order valence-electron chi connectivity index (χ2n) is 7.38. The number of nitrogens with zero attached hydrogens (tertiary/aromatic N) is 2. The summed E-state index contributed by atoms with van der Waals surface area (Å²) in [6.07, 6.45) is 1.70. The number of nitrogens with one attached hydrogen (secondary N) is 1. The van der Waals surface area contributed by atoms with Crippen molar-refractivity contribution in [2.24, 2.45) is 5.10 Å². The smallest absolute Gasteiger partial charge is 0.271 e. The van der Waals surface area contributed by atoms with E-state index in [1.807, 2.05) is 85.8 Å². The fourth-order valence-electron chi connectivity index (χ4n) is 3.17. The minimum Gasteiger partial charge on any atom is -0.489 e. The van der Waals surface area contributed by atoms with Gasteiger partial charge in [-0.25, -0.2) is 5.43 Å². The van der Waals surface area contributed by atoms with Gasteiger partial charge < -0.3 is 4.74 Å². The minimum atomic E-state index is -0.305. The molecule has 4 aromatic rings. The van der Waals surface area contributed by atoms with Crippen molar-refractivity contribution < 1.29 is 9.53 Å². The molecule has 0 saturated carbocycles. The zero-order valence-corrected chi connectivity index (χ0v) is 18.8. The summed E-state index contributed by atoms with van der Waals surface area (Å²) < 4.78 is 5.82. The van der Waals surface area contributed by atoms with Crippen molar-refractivity contribution in [1.82, 2.24) is 10.4 Å². The van der Waals surface area contributed by atoms with Crippen LogP contribution in [0.15, 0.2) is 102 Å². The average molecular weight is 456 g/mol. The number of hydrogen-bond donors (Lipinski definition) is 1. The maximum atomic E-state index is 12.7. The number of carbonyl (C=O) groups excluding carboxylic acids is 1. The largest absolute Gasteiger partial charge is 0.489 e. The van der Waals surface area contributed by atoms with E-state index in [1.165, 1.54) is 0 Å². The van der Waals surface area contributed by atoms with Crippen LogP contribution in [-0.4, -0.2) is 16.6 Å². The van der Waals surface area contributed by atoms with E-state index in [4.69, 9.17) is 16.3 Å². The molecular weight excluding hydrogens is 434 g/mol. The summed E-state index contributed by atoms with van der Waals surface area (Å²) in [5.74, 6) is 0.441. The number of hydrogen-bond acceptors (Lipinski definition) is 4. The van der Waals surface area contributed by atoms with Crippen LogP contribution in [0, 0.1) is 6.92 Å². The Hall–Kier alpha value is -3.96. The molecule has 0 bridgehead atoms. The van der Waals surface area contributed by atoms with Gasteiger partial charge in [0.1, 0.15) is 18.1 Å². The Morgan fingerprint density at radius 1 is 0.939 bits per heavy atom. The quantitative estimate of drug-likeness (QED) is 0.283. The molecule has 3 aromatic carbocycles. The number of benzene rings is 3. The molecule has 0 aliphatic heterocycles. The van der Waals surface area contributed by atoms with Crippen LogP contribution in [0.25, 0.3) is 0 Å². The number of amides is 1. The SMILES string of the molecule is Cc1cc(OCc2ccc(C(=O)N/N=C(\c3ccccc3)c3ccccn3)cc2)ccc1Cl. The average Bonchev–Trinajstić information content (AvgIpc) is 2.86. The highest BCUT2D eigenvalue weighted by atomic mass is 35.5. The summed E-state index contributed by atoms with van der Waals surface area (Å²) >= 11 is 6.05. The molecule has 1 N–H and O–H groups in total. The number of aromatic nitrogens is 1. The van der Waals surface area contributed by atoms with Crippen molar-refractivity contribution in [3.8, 4) is 5.75 Å². The molecule has 0 unspecified atom stereocenters. The molecule has 0 aliphatic rings. The topological polar surface area (TPSA) is 63.6 Å². The summed E-state index contributed by atoms with van der Waals surface area (Å²) in [6, 6.07) is 28.0. The van der Waals surface area contributed by atoms with Gasteiger partial charge in [-0.1, -0.05) is 60.1 Å². The van der Waals surface area contributed by atoms with Crippen LogP contribution in [0.5, 0.6) is 5.75 Å². The van der Waals surface area contributed by atoms with E-state index in [-0.39, 0.29) is 5.91 Å². The van der Waals surface area contributed by atoms with Crippen LogP contribution in [-0.2, 0) is 6.61 Å². The van der Waals surface area contributed by atoms with Gasteiger partial charge in [-0.05, 0) is 60.5 Å². The first-order chi connectivity index (χ1) is 16.1. The summed E-state index contributed by atoms with van der Waals surface area (Å²) in [4.78, 5) is 17.1. The van der Waals surface area contributed by atoms with Crippen LogP contribution in [0.3, 0.4) is 0 Å². The second-order valence-corrected chi connectivity index (χ2v) is 7.79. The molecular formula is C27H22ClN3O2. The maximum Gasteiger partial charge on any atom is 0.271 e. The van der Waals surface area contributed by atoms with Gasteiger partial charge in [-0.15, -0.1) is 0 Å². The van der Waals surface area contributed by atoms with E-state index >= 15 is 0 Å². The zero-order chi connectivity index (χ0) is 23.0. The molecule has 0 radical (unpaired) electrons. The van der Waals surface area contributed by atoms with Gasteiger partial charge in [0, 0.05) is 22.3 Å². The Kier molecular flexibility index (Phi) is 7.12. The molecule has 33 heavy (non-hydrogen) atoms. The van der Waals surface area contributed by atoms with Gasteiger partial charge in [0.2, 0.25) is 0 Å². The molecule has 0 atom stereocenters. The highest BCUT2D eigenvalue weighted by Gasteiger charge is 2.10. The Morgan fingerprint density at radius 3 is 2.39 bits per heavy atom. The standard InChI is InChI=1S/C27H22ClN3O2/c1-19-17-23(14-15-24(19)28)33-18-20-10-12-22(13-11-20)27(32)31-30-26(21-7-3-2-4-8-21)25-9-5-6-16-29-25/h2-17H,18H2,1H3,(H,31,32)/b30-26+. The van der Waals surface area contributed by atoms with Gasteiger partial charge >= 0.3 is 0 Å². The first-order valence-electron chi connectivity index (χ1n) is 10.4. The second kappa shape index (κ2) is 10.6. The van der Waals surface area contributed by atoms with Crippen LogP contribution >= 0.6 is 11.6 Å². The van der Waals surface area contributed by atoms with Gasteiger partial charge in [0.25, 0.3) is 5.91 Å². The van der Waals surface area contributed by atoms with E-state index in [1.54, 1.807) is 18.3 Å². The molecule has 1 amide bonds. The monoisotopic (exact) mass is 455 g/mol. The minimum absolute atomic E-state index is 0.305. The lowest BCUT2D eigenvalue weighted by Crippen LogP contribution is -2.21. The molecule has 5 nitrogen and oxygen atoms in total. The van der Waals surface area contributed by atoms with E-state index < -0.39 is 0 Å². The molecule has 164 valence electrons. The molecule has 0 aliphatic carbocycles. The lowest BCUT2D eigenvalue weighted by atomic mass is 10.1. The van der Waals surface area contributed by atoms with E-state index in [0.717, 1.165) is 22.4 Å². The third-order valence-electron chi connectivity index (χ3n) is 4.98. The van der Waals surface area contributed by atoms with Gasteiger partial charge in [0.05, 0.1) is 5.69 Å².